The van der Waals surface area contributed by atoms with Crippen LogP contribution in [-0.4, -0.2) is 30.9 Å². The van der Waals surface area contributed by atoms with Gasteiger partial charge in [-0.1, -0.05) is 18.2 Å². The highest BCUT2D eigenvalue weighted by Crippen LogP contribution is 2.17. The van der Waals surface area contributed by atoms with Crippen LogP contribution in [0.5, 0.6) is 0 Å². The zero-order chi connectivity index (χ0) is 17.0. The number of anilines is 1. The summed E-state index contributed by atoms with van der Waals surface area (Å²) in [6.07, 6.45) is 6.37. The standard InChI is InChI=1S/C16H20FN3O3S/c17-16-7-2-1-5-13(16)12-24(21,22)19-14-9-18-20(10-14)11-15-6-3-4-8-23-15/h1-2,5,7,9-10,15,19H,3-4,6,8,11-12H2. The van der Waals surface area contributed by atoms with Crippen LogP contribution in [0.3, 0.4) is 0 Å². The Kier molecular flexibility index (Phi) is 5.15. The molecule has 0 amide bonds. The Labute approximate surface area is 140 Å². The second kappa shape index (κ2) is 7.31. The lowest BCUT2D eigenvalue weighted by Crippen LogP contribution is -2.24. The lowest BCUT2D eigenvalue weighted by molar-refractivity contribution is 0.00401. The van der Waals surface area contributed by atoms with Crippen molar-refractivity contribution >= 4 is 15.7 Å². The normalized spacial score (nSPS) is 18.5. The molecule has 1 aromatic heterocycles. The Morgan fingerprint density at radius 2 is 2.17 bits per heavy atom. The van der Waals surface area contributed by atoms with Crippen molar-refractivity contribution in [1.82, 2.24) is 9.78 Å². The number of hydrogen-bond acceptors (Lipinski definition) is 4. The van der Waals surface area contributed by atoms with Crippen molar-refractivity contribution in [3.8, 4) is 0 Å². The van der Waals surface area contributed by atoms with E-state index in [1.165, 1.54) is 24.4 Å². The quantitative estimate of drug-likeness (QED) is 0.866. The van der Waals surface area contributed by atoms with E-state index in [4.69, 9.17) is 4.74 Å². The average molecular weight is 353 g/mol. The van der Waals surface area contributed by atoms with Crippen LogP contribution in [0.1, 0.15) is 24.8 Å². The SMILES string of the molecule is O=S(=O)(Cc1ccccc1F)Nc1cnn(CC2CCCCO2)c1. The van der Waals surface area contributed by atoms with Gasteiger partial charge in [0.1, 0.15) is 5.82 Å². The highest BCUT2D eigenvalue weighted by Gasteiger charge is 2.17. The van der Waals surface area contributed by atoms with Gasteiger partial charge in [-0.05, 0) is 25.3 Å². The van der Waals surface area contributed by atoms with E-state index in [1.807, 2.05) is 0 Å². The fraction of sp³-hybridized carbons (Fsp3) is 0.438. The van der Waals surface area contributed by atoms with Crippen molar-refractivity contribution in [2.24, 2.45) is 0 Å². The molecule has 1 atom stereocenters. The molecule has 0 saturated carbocycles. The lowest BCUT2D eigenvalue weighted by Gasteiger charge is -2.22. The minimum atomic E-state index is -3.70. The van der Waals surface area contributed by atoms with Crippen LogP contribution in [-0.2, 0) is 27.1 Å². The monoisotopic (exact) mass is 353 g/mol. The van der Waals surface area contributed by atoms with E-state index in [0.717, 1.165) is 25.9 Å². The van der Waals surface area contributed by atoms with E-state index in [1.54, 1.807) is 16.9 Å². The molecule has 0 spiro atoms. The molecule has 1 saturated heterocycles. The van der Waals surface area contributed by atoms with E-state index in [9.17, 15) is 12.8 Å². The van der Waals surface area contributed by atoms with Gasteiger partial charge in [-0.25, -0.2) is 12.8 Å². The highest BCUT2D eigenvalue weighted by molar-refractivity contribution is 7.91. The summed E-state index contributed by atoms with van der Waals surface area (Å²) >= 11 is 0. The number of ether oxygens (including phenoxy) is 1. The Morgan fingerprint density at radius 1 is 1.33 bits per heavy atom. The van der Waals surface area contributed by atoms with Gasteiger partial charge in [-0.2, -0.15) is 5.10 Å². The number of rotatable bonds is 6. The van der Waals surface area contributed by atoms with Gasteiger partial charge in [0.25, 0.3) is 0 Å². The summed E-state index contributed by atoms with van der Waals surface area (Å²) in [6, 6.07) is 5.83. The van der Waals surface area contributed by atoms with Crippen LogP contribution in [0.2, 0.25) is 0 Å². The van der Waals surface area contributed by atoms with E-state index < -0.39 is 21.6 Å². The molecule has 24 heavy (non-hydrogen) atoms. The first kappa shape index (κ1) is 16.9. The summed E-state index contributed by atoms with van der Waals surface area (Å²) in [4.78, 5) is 0. The van der Waals surface area contributed by atoms with Crippen molar-refractivity contribution < 1.29 is 17.5 Å². The summed E-state index contributed by atoms with van der Waals surface area (Å²) in [7, 11) is -3.70. The van der Waals surface area contributed by atoms with Crippen LogP contribution in [0.15, 0.2) is 36.7 Å². The van der Waals surface area contributed by atoms with Crippen LogP contribution in [0, 0.1) is 5.82 Å². The molecule has 1 aliphatic rings. The van der Waals surface area contributed by atoms with Gasteiger partial charge < -0.3 is 4.74 Å². The van der Waals surface area contributed by atoms with Crippen LogP contribution in [0.4, 0.5) is 10.1 Å². The molecule has 6 nitrogen and oxygen atoms in total. The smallest absolute Gasteiger partial charge is 0.237 e. The second-order valence-electron chi connectivity index (χ2n) is 5.89. The van der Waals surface area contributed by atoms with E-state index in [-0.39, 0.29) is 11.7 Å². The van der Waals surface area contributed by atoms with Crippen molar-refractivity contribution in [1.29, 1.82) is 0 Å². The van der Waals surface area contributed by atoms with Gasteiger partial charge in [0.05, 0.1) is 30.3 Å². The topological polar surface area (TPSA) is 73.2 Å². The molecular weight excluding hydrogens is 333 g/mol. The third kappa shape index (κ3) is 4.55. The predicted molar refractivity (Wildman–Crippen MR) is 88.5 cm³/mol. The molecule has 1 aromatic carbocycles. The van der Waals surface area contributed by atoms with Gasteiger partial charge in [0.2, 0.25) is 10.0 Å². The number of benzene rings is 1. The summed E-state index contributed by atoms with van der Waals surface area (Å²) in [5.41, 5.74) is 0.496. The summed E-state index contributed by atoms with van der Waals surface area (Å²) in [5.74, 6) is -0.954. The number of halogens is 1. The maximum absolute atomic E-state index is 13.6. The van der Waals surface area contributed by atoms with Crippen molar-refractivity contribution in [3.63, 3.8) is 0 Å². The minimum Gasteiger partial charge on any atom is -0.376 e. The first-order chi connectivity index (χ1) is 11.5. The number of aromatic nitrogens is 2. The van der Waals surface area contributed by atoms with E-state index in [2.05, 4.69) is 9.82 Å². The van der Waals surface area contributed by atoms with E-state index >= 15 is 0 Å². The molecule has 1 unspecified atom stereocenters. The van der Waals surface area contributed by atoms with Crippen molar-refractivity contribution in [3.05, 3.63) is 48.0 Å². The molecule has 1 fully saturated rings. The van der Waals surface area contributed by atoms with Crippen molar-refractivity contribution in [2.75, 3.05) is 11.3 Å². The highest BCUT2D eigenvalue weighted by atomic mass is 32.2. The fourth-order valence-electron chi connectivity index (χ4n) is 2.71. The first-order valence-corrected chi connectivity index (χ1v) is 9.55. The Balaban J connectivity index is 1.62. The molecule has 2 aromatic rings. The third-order valence-electron chi connectivity index (χ3n) is 3.87. The largest absolute Gasteiger partial charge is 0.376 e. The van der Waals surface area contributed by atoms with Crippen LogP contribution >= 0.6 is 0 Å². The molecule has 8 heteroatoms. The molecule has 1 aliphatic heterocycles. The zero-order valence-corrected chi connectivity index (χ0v) is 14.0. The van der Waals surface area contributed by atoms with Gasteiger partial charge >= 0.3 is 0 Å². The summed E-state index contributed by atoms with van der Waals surface area (Å²) < 4.78 is 47.7. The molecule has 0 bridgehead atoms. The number of nitrogens with one attached hydrogen (secondary N) is 1. The fourth-order valence-corrected chi connectivity index (χ4v) is 3.89. The zero-order valence-electron chi connectivity index (χ0n) is 13.2. The molecule has 0 aliphatic carbocycles. The Hall–Kier alpha value is -1.93. The van der Waals surface area contributed by atoms with Gasteiger partial charge in [0, 0.05) is 18.4 Å². The van der Waals surface area contributed by atoms with Gasteiger partial charge in [0.15, 0.2) is 0 Å². The minimum absolute atomic E-state index is 0.113. The predicted octanol–water partition coefficient (Wildman–Crippen LogP) is 2.53. The molecular formula is C16H20FN3O3S. The van der Waals surface area contributed by atoms with Crippen molar-refractivity contribution in [2.45, 2.75) is 37.7 Å². The Morgan fingerprint density at radius 3 is 2.92 bits per heavy atom. The number of nitrogens with zero attached hydrogens (tertiary/aromatic N) is 2. The molecule has 130 valence electrons. The first-order valence-electron chi connectivity index (χ1n) is 7.90. The lowest BCUT2D eigenvalue weighted by atomic mass is 10.1. The number of sulfonamides is 1. The van der Waals surface area contributed by atoms with Gasteiger partial charge in [-0.3, -0.25) is 9.40 Å². The molecule has 2 heterocycles. The van der Waals surface area contributed by atoms with Crippen LogP contribution in [0.25, 0.3) is 0 Å². The molecule has 0 radical (unpaired) electrons. The summed E-state index contributed by atoms with van der Waals surface area (Å²) in [5, 5.41) is 4.15. The molecule has 3 rings (SSSR count). The number of hydrogen-bond donors (Lipinski definition) is 1. The third-order valence-corrected chi connectivity index (χ3v) is 5.11. The maximum atomic E-state index is 13.6. The second-order valence-corrected chi connectivity index (χ2v) is 7.61. The Bertz CT molecular complexity index is 785. The summed E-state index contributed by atoms with van der Waals surface area (Å²) in [6.45, 7) is 1.35. The van der Waals surface area contributed by atoms with Gasteiger partial charge in [-0.15, -0.1) is 0 Å². The average Bonchev–Trinajstić information content (AvgIpc) is 2.96. The maximum Gasteiger partial charge on any atom is 0.237 e. The molecule has 1 N–H and O–H groups in total. The van der Waals surface area contributed by atoms with E-state index in [0.29, 0.717) is 12.2 Å². The van der Waals surface area contributed by atoms with Crippen LogP contribution < -0.4 is 4.72 Å².